The van der Waals surface area contributed by atoms with Crippen molar-refractivity contribution in [1.82, 2.24) is 10.2 Å². The highest BCUT2D eigenvalue weighted by molar-refractivity contribution is 5.90. The molecule has 1 aliphatic heterocycles. The van der Waals surface area contributed by atoms with Crippen molar-refractivity contribution in [2.75, 3.05) is 6.54 Å². The number of hydrogen-bond acceptors (Lipinski definition) is 2. The van der Waals surface area contributed by atoms with Crippen molar-refractivity contribution in [2.24, 2.45) is 5.92 Å². The highest BCUT2D eigenvalue weighted by atomic mass is 16.2. The summed E-state index contributed by atoms with van der Waals surface area (Å²) in [6.45, 7) is 6.47. The lowest BCUT2D eigenvalue weighted by molar-refractivity contribution is -0.136. The van der Waals surface area contributed by atoms with Gasteiger partial charge in [0.05, 0.1) is 6.04 Å². The molecule has 19 heavy (non-hydrogen) atoms. The van der Waals surface area contributed by atoms with Crippen LogP contribution in [0.4, 0.5) is 0 Å². The topological polar surface area (TPSA) is 49.4 Å². The maximum atomic E-state index is 12.6. The number of carbonyl (C=O) groups excluding carboxylic acids is 2. The Morgan fingerprint density at radius 3 is 2.68 bits per heavy atom. The lowest BCUT2D eigenvalue weighted by Gasteiger charge is -2.31. The van der Waals surface area contributed by atoms with Crippen molar-refractivity contribution in [1.29, 1.82) is 0 Å². The zero-order valence-electron chi connectivity index (χ0n) is 12.1. The monoisotopic (exact) mass is 264 g/mol. The summed E-state index contributed by atoms with van der Waals surface area (Å²) in [6.07, 6.45) is 8.43. The first-order valence-electron chi connectivity index (χ1n) is 7.11. The Bertz CT molecular complexity index is 373. The first kappa shape index (κ1) is 15.6. The van der Waals surface area contributed by atoms with E-state index >= 15 is 0 Å². The van der Waals surface area contributed by atoms with Crippen LogP contribution in [0.15, 0.2) is 0 Å². The molecule has 106 valence electrons. The van der Waals surface area contributed by atoms with Crippen LogP contribution in [-0.2, 0) is 9.59 Å². The van der Waals surface area contributed by atoms with Crippen LogP contribution in [0.5, 0.6) is 0 Å². The van der Waals surface area contributed by atoms with Crippen molar-refractivity contribution in [3.63, 3.8) is 0 Å². The highest BCUT2D eigenvalue weighted by Crippen LogP contribution is 2.18. The maximum Gasteiger partial charge on any atom is 0.246 e. The van der Waals surface area contributed by atoms with Crippen LogP contribution >= 0.6 is 0 Å². The summed E-state index contributed by atoms with van der Waals surface area (Å²) >= 11 is 0. The molecule has 0 aromatic carbocycles. The van der Waals surface area contributed by atoms with Crippen LogP contribution in [0.1, 0.15) is 46.5 Å². The minimum atomic E-state index is -0.437. The van der Waals surface area contributed by atoms with Gasteiger partial charge in [0.25, 0.3) is 0 Å². The molecule has 1 N–H and O–H groups in total. The Kier molecular flexibility index (Phi) is 5.88. The molecule has 3 atom stereocenters. The largest absolute Gasteiger partial charge is 0.344 e. The highest BCUT2D eigenvalue weighted by Gasteiger charge is 2.35. The molecule has 0 bridgehead atoms. The maximum absolute atomic E-state index is 12.6. The summed E-state index contributed by atoms with van der Waals surface area (Å²) in [4.78, 5) is 26.0. The van der Waals surface area contributed by atoms with E-state index in [1.165, 1.54) is 0 Å². The molecule has 1 aliphatic rings. The molecule has 0 aliphatic carbocycles. The second kappa shape index (κ2) is 7.18. The van der Waals surface area contributed by atoms with Crippen LogP contribution in [0, 0.1) is 18.3 Å². The fourth-order valence-corrected chi connectivity index (χ4v) is 2.35. The predicted octanol–water partition coefficient (Wildman–Crippen LogP) is 1.55. The standard InChI is InChI=1S/C15H24N2O2/c1-5-8-12(7-3)17-10-9-13(18)16-14(15(17)19)11(4)6-2/h3,11-12,14H,5-6,8-10H2,1-2,4H3,(H,16,18). The smallest absolute Gasteiger partial charge is 0.246 e. The normalized spacial score (nSPS) is 23.3. The van der Waals surface area contributed by atoms with Gasteiger partial charge in [-0.1, -0.05) is 39.5 Å². The quantitative estimate of drug-likeness (QED) is 0.766. The van der Waals surface area contributed by atoms with Crippen molar-refractivity contribution in [2.45, 2.75) is 58.5 Å². The molecule has 4 nitrogen and oxygen atoms in total. The molecule has 4 heteroatoms. The molecule has 1 heterocycles. The third-order valence-electron chi connectivity index (χ3n) is 3.79. The summed E-state index contributed by atoms with van der Waals surface area (Å²) in [7, 11) is 0. The number of hydrogen-bond donors (Lipinski definition) is 1. The van der Waals surface area contributed by atoms with Crippen molar-refractivity contribution < 1.29 is 9.59 Å². The van der Waals surface area contributed by atoms with Gasteiger partial charge in [-0.2, -0.15) is 0 Å². The van der Waals surface area contributed by atoms with E-state index in [0.29, 0.717) is 13.0 Å². The fraction of sp³-hybridized carbons (Fsp3) is 0.733. The van der Waals surface area contributed by atoms with E-state index in [2.05, 4.69) is 11.2 Å². The van der Waals surface area contributed by atoms with Crippen LogP contribution < -0.4 is 5.32 Å². The van der Waals surface area contributed by atoms with Gasteiger partial charge in [-0.3, -0.25) is 9.59 Å². The van der Waals surface area contributed by atoms with E-state index < -0.39 is 6.04 Å². The van der Waals surface area contributed by atoms with Crippen LogP contribution in [-0.4, -0.2) is 35.3 Å². The van der Waals surface area contributed by atoms with Crippen molar-refractivity contribution in [3.8, 4) is 12.3 Å². The van der Waals surface area contributed by atoms with Gasteiger partial charge < -0.3 is 10.2 Å². The second-order valence-electron chi connectivity index (χ2n) is 5.18. The molecule has 0 saturated carbocycles. The van der Waals surface area contributed by atoms with E-state index in [1.807, 2.05) is 20.8 Å². The van der Waals surface area contributed by atoms with E-state index in [-0.39, 0.29) is 23.8 Å². The molecule has 0 spiro atoms. The first-order chi connectivity index (χ1) is 9.04. The number of nitrogens with one attached hydrogen (secondary N) is 1. The number of terminal acetylenes is 1. The van der Waals surface area contributed by atoms with Gasteiger partial charge in [-0.05, 0) is 12.3 Å². The Labute approximate surface area is 115 Å². The molecular weight excluding hydrogens is 240 g/mol. The molecular formula is C15H24N2O2. The van der Waals surface area contributed by atoms with E-state index in [1.54, 1.807) is 4.90 Å². The summed E-state index contributed by atoms with van der Waals surface area (Å²) in [5.74, 6) is 2.72. The first-order valence-corrected chi connectivity index (χ1v) is 7.11. The second-order valence-corrected chi connectivity index (χ2v) is 5.18. The molecule has 1 rings (SSSR count). The SMILES string of the molecule is C#CC(CCC)N1CCC(=O)NC(C(C)CC)C1=O. The Balaban J connectivity index is 2.95. The molecule has 1 fully saturated rings. The Morgan fingerprint density at radius 2 is 2.16 bits per heavy atom. The molecule has 0 radical (unpaired) electrons. The Morgan fingerprint density at radius 1 is 1.47 bits per heavy atom. The average molecular weight is 264 g/mol. The molecule has 3 unspecified atom stereocenters. The van der Waals surface area contributed by atoms with Gasteiger partial charge in [-0.25, -0.2) is 0 Å². The van der Waals surface area contributed by atoms with Crippen LogP contribution in [0.25, 0.3) is 0 Å². The van der Waals surface area contributed by atoms with Gasteiger partial charge in [0, 0.05) is 13.0 Å². The molecule has 1 saturated heterocycles. The molecule has 0 aromatic rings. The van der Waals surface area contributed by atoms with E-state index in [0.717, 1.165) is 19.3 Å². The average Bonchev–Trinajstić information content (AvgIpc) is 2.55. The van der Waals surface area contributed by atoms with Crippen LogP contribution in [0.3, 0.4) is 0 Å². The minimum Gasteiger partial charge on any atom is -0.344 e. The van der Waals surface area contributed by atoms with Gasteiger partial charge in [0.2, 0.25) is 11.8 Å². The number of rotatable bonds is 5. The number of amides is 2. The van der Waals surface area contributed by atoms with Crippen LogP contribution in [0.2, 0.25) is 0 Å². The minimum absolute atomic E-state index is 0.0309. The Hall–Kier alpha value is -1.50. The zero-order valence-corrected chi connectivity index (χ0v) is 12.1. The summed E-state index contributed by atoms with van der Waals surface area (Å²) in [5, 5.41) is 2.83. The lowest BCUT2D eigenvalue weighted by Crippen LogP contribution is -2.50. The fourth-order valence-electron chi connectivity index (χ4n) is 2.35. The molecule has 2 amide bonds. The van der Waals surface area contributed by atoms with Crippen molar-refractivity contribution in [3.05, 3.63) is 0 Å². The summed E-state index contributed by atoms with van der Waals surface area (Å²) in [6, 6.07) is -0.635. The lowest BCUT2D eigenvalue weighted by atomic mass is 9.97. The van der Waals surface area contributed by atoms with E-state index in [4.69, 9.17) is 6.42 Å². The van der Waals surface area contributed by atoms with E-state index in [9.17, 15) is 9.59 Å². The number of nitrogens with zero attached hydrogens (tertiary/aromatic N) is 1. The van der Waals surface area contributed by atoms with Gasteiger partial charge in [-0.15, -0.1) is 6.42 Å². The molecule has 0 aromatic heterocycles. The summed E-state index contributed by atoms with van der Waals surface area (Å²) in [5.41, 5.74) is 0. The van der Waals surface area contributed by atoms with Gasteiger partial charge >= 0.3 is 0 Å². The summed E-state index contributed by atoms with van der Waals surface area (Å²) < 4.78 is 0. The third-order valence-corrected chi connectivity index (χ3v) is 3.79. The van der Waals surface area contributed by atoms with Gasteiger partial charge in [0.15, 0.2) is 0 Å². The third kappa shape index (κ3) is 3.73. The predicted molar refractivity (Wildman–Crippen MR) is 75.2 cm³/mol. The number of carbonyl (C=O) groups is 2. The van der Waals surface area contributed by atoms with Gasteiger partial charge in [0.1, 0.15) is 6.04 Å². The van der Waals surface area contributed by atoms with Crippen molar-refractivity contribution >= 4 is 11.8 Å². The zero-order chi connectivity index (χ0) is 14.4.